The first-order valence-corrected chi connectivity index (χ1v) is 9.64. The Kier molecular flexibility index (Phi) is 8.20. The van der Waals surface area contributed by atoms with Crippen molar-refractivity contribution in [2.45, 2.75) is 20.3 Å². The molecule has 9 nitrogen and oxygen atoms in total. The van der Waals surface area contributed by atoms with Crippen LogP contribution in [0.5, 0.6) is 0 Å². The standard InChI is InChI=1S/C16H23N3O6S/c1-3-19(4-2)26(24,25)11-15(21)18-13-7-5-12(6-8-13)9-14(20)17-10-16(22)23/h5-8H,3-4,9-11H2,1-2H3,(H,17,20)(H,18,21)(H,22,23). The van der Waals surface area contributed by atoms with Gasteiger partial charge in [-0.05, 0) is 17.7 Å². The number of carbonyl (C=O) groups excluding carboxylic acids is 2. The summed E-state index contributed by atoms with van der Waals surface area (Å²) in [5.74, 6) is -2.86. The number of anilines is 1. The lowest BCUT2D eigenvalue weighted by atomic mass is 10.1. The molecule has 10 heteroatoms. The lowest BCUT2D eigenvalue weighted by Gasteiger charge is -2.17. The minimum absolute atomic E-state index is 0.00214. The van der Waals surface area contributed by atoms with E-state index in [9.17, 15) is 22.8 Å². The minimum Gasteiger partial charge on any atom is -0.480 e. The predicted molar refractivity (Wildman–Crippen MR) is 96.1 cm³/mol. The normalized spacial score (nSPS) is 11.2. The molecule has 0 heterocycles. The maximum atomic E-state index is 12.1. The predicted octanol–water partition coefficient (Wildman–Crippen LogP) is 0.0400. The fraction of sp³-hybridized carbons (Fsp3) is 0.438. The summed E-state index contributed by atoms with van der Waals surface area (Å²) in [6, 6.07) is 6.27. The smallest absolute Gasteiger partial charge is 0.322 e. The van der Waals surface area contributed by atoms with E-state index in [1.54, 1.807) is 38.1 Å². The largest absolute Gasteiger partial charge is 0.480 e. The van der Waals surface area contributed by atoms with Gasteiger partial charge in [0, 0.05) is 18.8 Å². The van der Waals surface area contributed by atoms with Crippen LogP contribution >= 0.6 is 0 Å². The van der Waals surface area contributed by atoms with Crippen molar-refractivity contribution in [1.82, 2.24) is 9.62 Å². The van der Waals surface area contributed by atoms with E-state index in [4.69, 9.17) is 5.11 Å². The Labute approximate surface area is 152 Å². The molecule has 0 unspecified atom stereocenters. The Balaban J connectivity index is 2.60. The van der Waals surface area contributed by atoms with Gasteiger partial charge in [-0.15, -0.1) is 0 Å². The molecule has 0 aliphatic heterocycles. The molecule has 0 aromatic heterocycles. The van der Waals surface area contributed by atoms with Crippen LogP contribution in [0.15, 0.2) is 24.3 Å². The van der Waals surface area contributed by atoms with Crippen LogP contribution in [0.2, 0.25) is 0 Å². The molecule has 0 saturated carbocycles. The molecule has 144 valence electrons. The third-order valence-electron chi connectivity index (χ3n) is 3.45. The highest BCUT2D eigenvalue weighted by molar-refractivity contribution is 7.89. The van der Waals surface area contributed by atoms with Gasteiger partial charge in [0.25, 0.3) is 0 Å². The third kappa shape index (κ3) is 7.19. The molecular formula is C16H23N3O6S. The van der Waals surface area contributed by atoms with Crippen LogP contribution in [-0.2, 0) is 30.8 Å². The molecule has 1 rings (SSSR count). The van der Waals surface area contributed by atoms with Gasteiger partial charge in [-0.2, -0.15) is 0 Å². The molecule has 1 aromatic rings. The number of rotatable bonds is 10. The average Bonchev–Trinajstić information content (AvgIpc) is 2.55. The van der Waals surface area contributed by atoms with Crippen LogP contribution in [0.4, 0.5) is 5.69 Å². The number of amides is 2. The quantitative estimate of drug-likeness (QED) is 0.521. The minimum atomic E-state index is -3.66. The highest BCUT2D eigenvalue weighted by Gasteiger charge is 2.22. The zero-order valence-electron chi connectivity index (χ0n) is 14.7. The summed E-state index contributed by atoms with van der Waals surface area (Å²) in [6.45, 7) is 3.54. The van der Waals surface area contributed by atoms with E-state index < -0.39 is 40.1 Å². The fourth-order valence-corrected chi connectivity index (χ4v) is 3.57. The van der Waals surface area contributed by atoms with Gasteiger partial charge in [0.05, 0.1) is 6.42 Å². The topological polar surface area (TPSA) is 133 Å². The van der Waals surface area contributed by atoms with E-state index in [-0.39, 0.29) is 6.42 Å². The molecule has 2 amide bonds. The van der Waals surface area contributed by atoms with Gasteiger partial charge >= 0.3 is 5.97 Å². The summed E-state index contributed by atoms with van der Waals surface area (Å²) in [5.41, 5.74) is 1.03. The Morgan fingerprint density at radius 2 is 1.62 bits per heavy atom. The second-order valence-electron chi connectivity index (χ2n) is 5.43. The van der Waals surface area contributed by atoms with Crippen molar-refractivity contribution >= 4 is 33.5 Å². The number of carboxylic acids is 1. The van der Waals surface area contributed by atoms with Gasteiger partial charge in [-0.1, -0.05) is 26.0 Å². The SMILES string of the molecule is CCN(CC)S(=O)(=O)CC(=O)Nc1ccc(CC(=O)NCC(=O)O)cc1. The number of nitrogens with zero attached hydrogens (tertiary/aromatic N) is 1. The van der Waals surface area contributed by atoms with Crippen molar-refractivity contribution in [2.24, 2.45) is 0 Å². The lowest BCUT2D eigenvalue weighted by molar-refractivity contribution is -0.137. The molecule has 0 bridgehead atoms. The van der Waals surface area contributed by atoms with Gasteiger partial charge in [0.2, 0.25) is 21.8 Å². The van der Waals surface area contributed by atoms with Crippen molar-refractivity contribution in [3.63, 3.8) is 0 Å². The van der Waals surface area contributed by atoms with Crippen LogP contribution in [0.3, 0.4) is 0 Å². The van der Waals surface area contributed by atoms with Crippen molar-refractivity contribution in [3.05, 3.63) is 29.8 Å². The number of benzene rings is 1. The lowest BCUT2D eigenvalue weighted by Crippen LogP contribution is -2.36. The van der Waals surface area contributed by atoms with E-state index in [1.165, 1.54) is 4.31 Å². The van der Waals surface area contributed by atoms with Crippen LogP contribution in [-0.4, -0.2) is 61.0 Å². The molecule has 0 spiro atoms. The summed E-state index contributed by atoms with van der Waals surface area (Å²) < 4.78 is 25.3. The van der Waals surface area contributed by atoms with Gasteiger partial charge < -0.3 is 15.7 Å². The first-order valence-electron chi connectivity index (χ1n) is 8.03. The van der Waals surface area contributed by atoms with E-state index in [1.807, 2.05) is 0 Å². The van der Waals surface area contributed by atoms with Gasteiger partial charge in [-0.3, -0.25) is 14.4 Å². The van der Waals surface area contributed by atoms with E-state index >= 15 is 0 Å². The van der Waals surface area contributed by atoms with Crippen LogP contribution in [0.25, 0.3) is 0 Å². The maximum absolute atomic E-state index is 12.1. The molecule has 0 fully saturated rings. The summed E-state index contributed by atoms with van der Waals surface area (Å²) in [4.78, 5) is 33.9. The van der Waals surface area contributed by atoms with Gasteiger partial charge in [0.1, 0.15) is 12.3 Å². The van der Waals surface area contributed by atoms with Crippen molar-refractivity contribution in [1.29, 1.82) is 0 Å². The number of nitrogens with one attached hydrogen (secondary N) is 2. The molecule has 3 N–H and O–H groups in total. The number of carbonyl (C=O) groups is 3. The molecule has 0 saturated heterocycles. The Bertz CT molecular complexity index is 742. The Morgan fingerprint density at radius 3 is 2.12 bits per heavy atom. The zero-order valence-corrected chi connectivity index (χ0v) is 15.5. The zero-order chi connectivity index (χ0) is 19.7. The third-order valence-corrected chi connectivity index (χ3v) is 5.38. The highest BCUT2D eigenvalue weighted by atomic mass is 32.2. The second kappa shape index (κ2) is 9.88. The first-order chi connectivity index (χ1) is 12.2. The first kappa shape index (κ1) is 21.6. The molecular weight excluding hydrogens is 362 g/mol. The maximum Gasteiger partial charge on any atom is 0.322 e. The average molecular weight is 385 g/mol. The van der Waals surface area contributed by atoms with Crippen molar-refractivity contribution in [2.75, 3.05) is 30.7 Å². The molecule has 26 heavy (non-hydrogen) atoms. The molecule has 0 aliphatic rings. The summed E-state index contributed by atoms with van der Waals surface area (Å²) in [6.07, 6.45) is -0.00214. The molecule has 1 aromatic carbocycles. The number of sulfonamides is 1. The number of hydrogen-bond acceptors (Lipinski definition) is 5. The molecule has 0 radical (unpaired) electrons. The fourth-order valence-electron chi connectivity index (χ4n) is 2.20. The monoisotopic (exact) mass is 385 g/mol. The van der Waals surface area contributed by atoms with Crippen molar-refractivity contribution in [3.8, 4) is 0 Å². The molecule has 0 atom stereocenters. The number of hydrogen-bond donors (Lipinski definition) is 3. The second-order valence-corrected chi connectivity index (χ2v) is 7.40. The van der Waals surface area contributed by atoms with Crippen molar-refractivity contribution < 1.29 is 27.9 Å². The summed E-state index contributed by atoms with van der Waals surface area (Å²) in [7, 11) is -3.66. The van der Waals surface area contributed by atoms with Crippen LogP contribution in [0, 0.1) is 0 Å². The van der Waals surface area contributed by atoms with Gasteiger partial charge in [-0.25, -0.2) is 12.7 Å². The highest BCUT2D eigenvalue weighted by Crippen LogP contribution is 2.11. The number of carboxylic acid groups (broad SMARTS) is 1. The van der Waals surface area contributed by atoms with E-state index in [2.05, 4.69) is 10.6 Å². The number of aliphatic carboxylic acids is 1. The molecule has 0 aliphatic carbocycles. The van der Waals surface area contributed by atoms with E-state index in [0.717, 1.165) is 0 Å². The van der Waals surface area contributed by atoms with Crippen LogP contribution in [0.1, 0.15) is 19.4 Å². The van der Waals surface area contributed by atoms with E-state index in [0.29, 0.717) is 24.3 Å². The summed E-state index contributed by atoms with van der Waals surface area (Å²) in [5, 5.41) is 13.2. The van der Waals surface area contributed by atoms with Gasteiger partial charge in [0.15, 0.2) is 0 Å². The Morgan fingerprint density at radius 1 is 1.04 bits per heavy atom. The van der Waals surface area contributed by atoms with Crippen LogP contribution < -0.4 is 10.6 Å². The Hall–Kier alpha value is -2.46. The summed E-state index contributed by atoms with van der Waals surface area (Å²) >= 11 is 0.